The third-order valence-electron chi connectivity index (χ3n) is 5.86. The van der Waals surface area contributed by atoms with Crippen LogP contribution in [-0.2, 0) is 6.42 Å². The second-order valence-electron chi connectivity index (χ2n) is 7.77. The number of nitrogens with zero attached hydrogens (tertiary/aromatic N) is 4. The number of hydrogen-bond donors (Lipinski definition) is 4. The van der Waals surface area contributed by atoms with Gasteiger partial charge in [-0.2, -0.15) is 0 Å². The van der Waals surface area contributed by atoms with Crippen LogP contribution in [0.5, 0.6) is 0 Å². The summed E-state index contributed by atoms with van der Waals surface area (Å²) < 4.78 is 2.60. The average Bonchev–Trinajstić information content (AvgIpc) is 3.30. The summed E-state index contributed by atoms with van der Waals surface area (Å²) >= 11 is 3.40. The van der Waals surface area contributed by atoms with Crippen LogP contribution in [0.1, 0.15) is 18.0 Å². The van der Waals surface area contributed by atoms with Crippen LogP contribution in [0.3, 0.4) is 0 Å². The first-order valence-electron chi connectivity index (χ1n) is 9.91. The molecule has 4 aromatic rings. The summed E-state index contributed by atoms with van der Waals surface area (Å²) in [5.74, 6) is 0.839. The molecule has 9 heteroatoms. The minimum atomic E-state index is -0.961. The van der Waals surface area contributed by atoms with Gasteiger partial charge in [-0.05, 0) is 58.1 Å². The highest BCUT2D eigenvalue weighted by Gasteiger charge is 2.36. The van der Waals surface area contributed by atoms with E-state index in [2.05, 4.69) is 30.9 Å². The molecular weight excluding hydrogens is 460 g/mol. The molecule has 0 spiro atoms. The summed E-state index contributed by atoms with van der Waals surface area (Å²) in [5.41, 5.74) is 15.2. The van der Waals surface area contributed by atoms with Crippen molar-refractivity contribution in [1.82, 2.24) is 19.5 Å². The highest BCUT2D eigenvalue weighted by molar-refractivity contribution is 9.10. The minimum Gasteiger partial charge on any atom is -0.388 e. The zero-order valence-corrected chi connectivity index (χ0v) is 18.1. The SMILES string of the molecule is Nc1nc2cc(CCC3=C[C@@H](n4ccc5c(N)ncnc54)[C@H](O)[C@@H]3O)ccc2cc1Br. The Morgan fingerprint density at radius 1 is 1.03 bits per heavy atom. The first-order chi connectivity index (χ1) is 14.9. The fraction of sp³-hybridized carbons (Fsp3) is 0.227. The number of aliphatic hydroxyl groups is 2. The van der Waals surface area contributed by atoms with E-state index in [4.69, 9.17) is 11.5 Å². The average molecular weight is 481 g/mol. The third-order valence-corrected chi connectivity index (χ3v) is 6.50. The normalized spacial score (nSPS) is 21.1. The lowest BCUT2D eigenvalue weighted by atomic mass is 10.0. The van der Waals surface area contributed by atoms with Crippen molar-refractivity contribution in [3.63, 3.8) is 0 Å². The maximum Gasteiger partial charge on any atom is 0.146 e. The summed E-state index contributed by atoms with van der Waals surface area (Å²) in [6.07, 6.45) is 4.55. The Kier molecular flexibility index (Phi) is 4.88. The Labute approximate surface area is 186 Å². The van der Waals surface area contributed by atoms with E-state index in [0.717, 1.165) is 31.9 Å². The Balaban J connectivity index is 1.39. The molecule has 3 aromatic heterocycles. The van der Waals surface area contributed by atoms with E-state index < -0.39 is 18.2 Å². The van der Waals surface area contributed by atoms with E-state index in [1.165, 1.54) is 6.33 Å². The molecule has 1 aromatic carbocycles. The summed E-state index contributed by atoms with van der Waals surface area (Å²) in [5, 5.41) is 23.1. The highest BCUT2D eigenvalue weighted by Crippen LogP contribution is 2.35. The lowest BCUT2D eigenvalue weighted by molar-refractivity contribution is 0.0317. The van der Waals surface area contributed by atoms with Crippen molar-refractivity contribution in [2.75, 3.05) is 11.5 Å². The van der Waals surface area contributed by atoms with Gasteiger partial charge in [0.05, 0.1) is 21.4 Å². The molecule has 0 bridgehead atoms. The molecule has 0 saturated carbocycles. The smallest absolute Gasteiger partial charge is 0.146 e. The summed E-state index contributed by atoms with van der Waals surface area (Å²) in [7, 11) is 0. The molecule has 0 fully saturated rings. The van der Waals surface area contributed by atoms with E-state index in [0.29, 0.717) is 30.1 Å². The van der Waals surface area contributed by atoms with Crippen LogP contribution >= 0.6 is 15.9 Å². The number of aryl methyl sites for hydroxylation is 1. The zero-order valence-electron chi connectivity index (χ0n) is 16.5. The van der Waals surface area contributed by atoms with E-state index in [-0.39, 0.29) is 0 Å². The molecule has 8 nitrogen and oxygen atoms in total. The van der Waals surface area contributed by atoms with Gasteiger partial charge in [0.15, 0.2) is 0 Å². The Morgan fingerprint density at radius 3 is 2.71 bits per heavy atom. The summed E-state index contributed by atoms with van der Waals surface area (Å²) in [6, 6.07) is 9.40. The van der Waals surface area contributed by atoms with Gasteiger partial charge in [-0.1, -0.05) is 18.2 Å². The first kappa shape index (κ1) is 19.9. The minimum absolute atomic E-state index is 0.388. The summed E-state index contributed by atoms with van der Waals surface area (Å²) in [4.78, 5) is 12.7. The number of aromatic nitrogens is 4. The molecule has 1 aliphatic rings. The third kappa shape index (κ3) is 3.44. The van der Waals surface area contributed by atoms with Gasteiger partial charge in [-0.25, -0.2) is 15.0 Å². The number of fused-ring (bicyclic) bond motifs is 2. The van der Waals surface area contributed by atoms with Gasteiger partial charge in [0.25, 0.3) is 0 Å². The number of anilines is 2. The first-order valence-corrected chi connectivity index (χ1v) is 10.7. The number of rotatable bonds is 4. The molecule has 0 saturated heterocycles. The molecule has 0 aliphatic heterocycles. The van der Waals surface area contributed by atoms with Gasteiger partial charge in [-0.3, -0.25) is 0 Å². The van der Waals surface area contributed by atoms with Gasteiger partial charge in [-0.15, -0.1) is 0 Å². The standard InChI is InChI=1S/C22H21BrN6O2/c23-15-8-12-3-1-11(7-16(12)28-21(15)25)2-4-13-9-17(19(31)18(13)30)29-6-5-14-20(24)26-10-27-22(14)29/h1,3,5-10,17-19,30-31H,2,4H2,(H2,25,28)(H2,24,26,27)/t17-,18-,19+/m1/s1. The number of nitrogen functional groups attached to an aromatic ring is 2. The number of halogens is 1. The Hall–Kier alpha value is -3.01. The van der Waals surface area contributed by atoms with Crippen molar-refractivity contribution in [3.8, 4) is 0 Å². The van der Waals surface area contributed by atoms with Crippen LogP contribution in [0.4, 0.5) is 11.6 Å². The molecule has 158 valence electrons. The van der Waals surface area contributed by atoms with Gasteiger partial charge >= 0.3 is 0 Å². The zero-order chi connectivity index (χ0) is 21.7. The molecule has 6 N–H and O–H groups in total. The topological polar surface area (TPSA) is 136 Å². The molecular formula is C22H21BrN6O2. The largest absolute Gasteiger partial charge is 0.388 e. The molecule has 1 aliphatic carbocycles. The Morgan fingerprint density at radius 2 is 1.87 bits per heavy atom. The predicted octanol–water partition coefficient (Wildman–Crippen LogP) is 2.74. The van der Waals surface area contributed by atoms with Crippen molar-refractivity contribution < 1.29 is 10.2 Å². The molecule has 31 heavy (non-hydrogen) atoms. The fourth-order valence-corrected chi connectivity index (χ4v) is 4.51. The van der Waals surface area contributed by atoms with Crippen LogP contribution < -0.4 is 11.5 Å². The van der Waals surface area contributed by atoms with Gasteiger partial charge in [0.2, 0.25) is 0 Å². The summed E-state index contributed by atoms with van der Waals surface area (Å²) in [6.45, 7) is 0. The van der Waals surface area contributed by atoms with Crippen LogP contribution in [0.15, 0.2) is 59.0 Å². The van der Waals surface area contributed by atoms with Gasteiger partial charge < -0.3 is 26.2 Å². The predicted molar refractivity (Wildman–Crippen MR) is 123 cm³/mol. The van der Waals surface area contributed by atoms with E-state index in [9.17, 15) is 10.2 Å². The van der Waals surface area contributed by atoms with Gasteiger partial charge in [0, 0.05) is 11.6 Å². The molecule has 3 atom stereocenters. The maximum absolute atomic E-state index is 10.7. The lowest BCUT2D eigenvalue weighted by Gasteiger charge is -2.19. The molecule has 0 amide bonds. The molecule has 0 unspecified atom stereocenters. The van der Waals surface area contributed by atoms with E-state index in [1.54, 1.807) is 0 Å². The quantitative estimate of drug-likeness (QED) is 0.329. The highest BCUT2D eigenvalue weighted by atomic mass is 79.9. The Bertz CT molecular complexity index is 1330. The van der Waals surface area contributed by atoms with E-state index in [1.807, 2.05) is 47.2 Å². The van der Waals surface area contributed by atoms with Gasteiger partial charge in [0.1, 0.15) is 35.8 Å². The van der Waals surface area contributed by atoms with Crippen LogP contribution in [0, 0.1) is 0 Å². The number of nitrogens with two attached hydrogens (primary N) is 2. The lowest BCUT2D eigenvalue weighted by Crippen LogP contribution is -2.29. The van der Waals surface area contributed by atoms with Crippen LogP contribution in [0.2, 0.25) is 0 Å². The van der Waals surface area contributed by atoms with Crippen molar-refractivity contribution in [3.05, 3.63) is 64.5 Å². The van der Waals surface area contributed by atoms with Crippen molar-refractivity contribution in [2.45, 2.75) is 31.1 Å². The van der Waals surface area contributed by atoms with Crippen LogP contribution in [-0.4, -0.2) is 41.9 Å². The number of aliphatic hydroxyl groups excluding tert-OH is 2. The monoisotopic (exact) mass is 480 g/mol. The van der Waals surface area contributed by atoms with Crippen LogP contribution in [0.25, 0.3) is 21.9 Å². The fourth-order valence-electron chi connectivity index (χ4n) is 4.18. The van der Waals surface area contributed by atoms with Crippen molar-refractivity contribution >= 4 is 49.5 Å². The second-order valence-corrected chi connectivity index (χ2v) is 8.62. The van der Waals surface area contributed by atoms with E-state index >= 15 is 0 Å². The number of benzene rings is 1. The molecule has 5 rings (SSSR count). The maximum atomic E-state index is 10.7. The second kappa shape index (κ2) is 7.60. The van der Waals surface area contributed by atoms with Crippen molar-refractivity contribution in [1.29, 1.82) is 0 Å². The number of pyridine rings is 1. The number of hydrogen-bond acceptors (Lipinski definition) is 7. The van der Waals surface area contributed by atoms with Crippen molar-refractivity contribution in [2.24, 2.45) is 0 Å². The molecule has 0 radical (unpaired) electrons. The molecule has 3 heterocycles.